The molecule has 136 valence electrons. The summed E-state index contributed by atoms with van der Waals surface area (Å²) in [7, 11) is 0. The third-order valence-electron chi connectivity index (χ3n) is 4.12. The van der Waals surface area contributed by atoms with E-state index in [1.165, 1.54) is 0 Å². The van der Waals surface area contributed by atoms with E-state index in [1.54, 1.807) is 18.0 Å². The van der Waals surface area contributed by atoms with E-state index >= 15 is 0 Å². The number of benzene rings is 1. The molecule has 0 atom stereocenters. The fourth-order valence-electron chi connectivity index (χ4n) is 2.83. The highest BCUT2D eigenvalue weighted by atomic mass is 127. The Morgan fingerprint density at radius 1 is 1.23 bits per heavy atom. The summed E-state index contributed by atoms with van der Waals surface area (Å²) >= 11 is 3.90. The highest BCUT2D eigenvalue weighted by Gasteiger charge is 2.20. The standard InChI is InChI=1S/C17H18IN5O2S/c18-10-7-12-13(25-9-24-12)8-14(10)26-17-22-15-11(3-5-21-16(15)20)23(17)6-2-1-4-19/h3,5,7-8H,1-2,4,6,9,19H2,(H2,20,21). The summed E-state index contributed by atoms with van der Waals surface area (Å²) in [6, 6.07) is 5.94. The van der Waals surface area contributed by atoms with Gasteiger partial charge in [0.05, 0.1) is 5.52 Å². The number of nitrogens with two attached hydrogens (primary N) is 2. The Bertz CT molecular complexity index is 962. The van der Waals surface area contributed by atoms with Crippen LogP contribution in [0, 0.1) is 3.57 Å². The number of halogens is 1. The Balaban J connectivity index is 1.73. The Morgan fingerprint density at radius 3 is 2.85 bits per heavy atom. The second-order valence-corrected chi connectivity index (χ2v) is 8.01. The van der Waals surface area contributed by atoms with E-state index in [9.17, 15) is 0 Å². The number of ether oxygens (including phenoxy) is 2. The maximum atomic E-state index is 6.04. The van der Waals surface area contributed by atoms with Crippen LogP contribution in [-0.2, 0) is 6.54 Å². The Labute approximate surface area is 168 Å². The van der Waals surface area contributed by atoms with Crippen molar-refractivity contribution in [3.05, 3.63) is 28.0 Å². The first-order chi connectivity index (χ1) is 12.7. The minimum Gasteiger partial charge on any atom is -0.454 e. The highest BCUT2D eigenvalue weighted by molar-refractivity contribution is 14.1. The minimum atomic E-state index is 0.263. The zero-order chi connectivity index (χ0) is 18.1. The van der Waals surface area contributed by atoms with E-state index in [0.717, 1.165) is 55.5 Å². The number of unbranched alkanes of at least 4 members (excludes halogenated alkanes) is 1. The van der Waals surface area contributed by atoms with Crippen molar-refractivity contribution in [3.63, 3.8) is 0 Å². The molecule has 0 spiro atoms. The highest BCUT2D eigenvalue weighted by Crippen LogP contribution is 2.41. The molecule has 1 aromatic carbocycles. The van der Waals surface area contributed by atoms with E-state index in [0.29, 0.717) is 12.4 Å². The Hall–Kier alpha value is -1.72. The van der Waals surface area contributed by atoms with Crippen LogP contribution in [0.2, 0.25) is 0 Å². The van der Waals surface area contributed by atoms with Crippen molar-refractivity contribution >= 4 is 51.2 Å². The second-order valence-electron chi connectivity index (χ2n) is 5.84. The molecule has 4 rings (SSSR count). The van der Waals surface area contributed by atoms with E-state index in [-0.39, 0.29) is 6.79 Å². The molecule has 0 aliphatic carbocycles. The van der Waals surface area contributed by atoms with Crippen molar-refractivity contribution in [1.29, 1.82) is 0 Å². The Morgan fingerprint density at radius 2 is 2.04 bits per heavy atom. The van der Waals surface area contributed by atoms with Gasteiger partial charge in [0.2, 0.25) is 6.79 Å². The third kappa shape index (κ3) is 3.30. The minimum absolute atomic E-state index is 0.263. The van der Waals surface area contributed by atoms with E-state index in [4.69, 9.17) is 25.9 Å². The predicted molar refractivity (Wildman–Crippen MR) is 110 cm³/mol. The number of hydrogen-bond donors (Lipinski definition) is 2. The largest absolute Gasteiger partial charge is 0.454 e. The summed E-state index contributed by atoms with van der Waals surface area (Å²) in [6.07, 6.45) is 3.67. The fourth-order valence-corrected chi connectivity index (χ4v) is 4.56. The van der Waals surface area contributed by atoms with Gasteiger partial charge in [0.15, 0.2) is 22.5 Å². The first kappa shape index (κ1) is 17.7. The van der Waals surface area contributed by atoms with Crippen molar-refractivity contribution < 1.29 is 9.47 Å². The molecular formula is C17H18IN5O2S. The number of rotatable bonds is 6. The zero-order valence-electron chi connectivity index (χ0n) is 13.9. The first-order valence-corrected chi connectivity index (χ1v) is 10.1. The van der Waals surface area contributed by atoms with Crippen LogP contribution in [0.3, 0.4) is 0 Å². The maximum Gasteiger partial charge on any atom is 0.231 e. The lowest BCUT2D eigenvalue weighted by atomic mass is 10.3. The number of imidazole rings is 1. The lowest BCUT2D eigenvalue weighted by molar-refractivity contribution is 0.174. The van der Waals surface area contributed by atoms with Crippen molar-refractivity contribution in [3.8, 4) is 11.5 Å². The molecule has 0 unspecified atom stereocenters. The van der Waals surface area contributed by atoms with Crippen LogP contribution in [0.25, 0.3) is 11.0 Å². The summed E-state index contributed by atoms with van der Waals surface area (Å²) in [6.45, 7) is 1.78. The van der Waals surface area contributed by atoms with Crippen LogP contribution >= 0.6 is 34.4 Å². The average molecular weight is 483 g/mol. The average Bonchev–Trinajstić information content (AvgIpc) is 3.21. The lowest BCUT2D eigenvalue weighted by Gasteiger charge is -2.10. The number of hydrogen-bond acceptors (Lipinski definition) is 7. The Kier molecular flexibility index (Phi) is 5.09. The molecule has 3 aromatic rings. The SMILES string of the molecule is NCCCCn1c(Sc2cc3c(cc2I)OCO3)nc2c(N)nccc21. The summed E-state index contributed by atoms with van der Waals surface area (Å²) in [5.74, 6) is 1.99. The molecule has 0 saturated carbocycles. The number of pyridine rings is 1. The van der Waals surface area contributed by atoms with Gasteiger partial charge in [-0.1, -0.05) is 11.8 Å². The summed E-state index contributed by atoms with van der Waals surface area (Å²) in [5, 5.41) is 0.883. The molecule has 1 aliphatic heterocycles. The van der Waals surface area contributed by atoms with Gasteiger partial charge in [-0.05, 0) is 60.2 Å². The van der Waals surface area contributed by atoms with Gasteiger partial charge in [0.25, 0.3) is 0 Å². The summed E-state index contributed by atoms with van der Waals surface area (Å²) in [5.41, 5.74) is 13.4. The van der Waals surface area contributed by atoms with Gasteiger partial charge in [-0.15, -0.1) is 0 Å². The smallest absolute Gasteiger partial charge is 0.231 e. The molecule has 4 N–H and O–H groups in total. The molecule has 26 heavy (non-hydrogen) atoms. The topological polar surface area (TPSA) is 101 Å². The van der Waals surface area contributed by atoms with Gasteiger partial charge in [0.1, 0.15) is 5.52 Å². The number of anilines is 1. The number of aromatic nitrogens is 3. The van der Waals surface area contributed by atoms with Gasteiger partial charge in [-0.25, -0.2) is 9.97 Å². The molecule has 0 radical (unpaired) electrons. The van der Waals surface area contributed by atoms with Crippen molar-refractivity contribution in [1.82, 2.24) is 14.5 Å². The van der Waals surface area contributed by atoms with Gasteiger partial charge < -0.3 is 25.5 Å². The van der Waals surface area contributed by atoms with Gasteiger partial charge in [-0.3, -0.25) is 0 Å². The van der Waals surface area contributed by atoms with E-state index < -0.39 is 0 Å². The van der Waals surface area contributed by atoms with Crippen LogP contribution in [-0.4, -0.2) is 27.9 Å². The molecule has 7 nitrogen and oxygen atoms in total. The fraction of sp³-hybridized carbons (Fsp3) is 0.294. The first-order valence-electron chi connectivity index (χ1n) is 8.25. The lowest BCUT2D eigenvalue weighted by Crippen LogP contribution is -2.04. The molecule has 3 heterocycles. The van der Waals surface area contributed by atoms with Crippen molar-refractivity contribution in [2.24, 2.45) is 5.73 Å². The van der Waals surface area contributed by atoms with Gasteiger partial charge >= 0.3 is 0 Å². The maximum absolute atomic E-state index is 6.04. The number of nitrogen functional groups attached to an aromatic ring is 1. The summed E-state index contributed by atoms with van der Waals surface area (Å²) < 4.78 is 14.2. The van der Waals surface area contributed by atoms with Gasteiger partial charge in [-0.2, -0.15) is 0 Å². The van der Waals surface area contributed by atoms with Crippen molar-refractivity contribution in [2.75, 3.05) is 19.1 Å². The van der Waals surface area contributed by atoms with E-state index in [1.807, 2.05) is 18.2 Å². The number of fused-ring (bicyclic) bond motifs is 2. The van der Waals surface area contributed by atoms with Crippen molar-refractivity contribution in [2.45, 2.75) is 29.4 Å². The predicted octanol–water partition coefficient (Wildman–Crippen LogP) is 3.24. The van der Waals surface area contributed by atoms with Crippen LogP contribution in [0.15, 0.2) is 34.4 Å². The van der Waals surface area contributed by atoms with Crippen LogP contribution in [0.1, 0.15) is 12.8 Å². The second kappa shape index (κ2) is 7.49. The monoisotopic (exact) mass is 483 g/mol. The normalized spacial score (nSPS) is 12.8. The van der Waals surface area contributed by atoms with Crippen LogP contribution in [0.5, 0.6) is 11.5 Å². The molecule has 0 fully saturated rings. The zero-order valence-corrected chi connectivity index (χ0v) is 16.9. The number of nitrogens with zero attached hydrogens (tertiary/aromatic N) is 3. The summed E-state index contributed by atoms with van der Waals surface area (Å²) in [4.78, 5) is 9.98. The molecule has 0 amide bonds. The third-order valence-corrected chi connectivity index (χ3v) is 6.44. The number of aryl methyl sites for hydroxylation is 1. The van der Waals surface area contributed by atoms with Crippen LogP contribution in [0.4, 0.5) is 5.82 Å². The van der Waals surface area contributed by atoms with Crippen LogP contribution < -0.4 is 20.9 Å². The van der Waals surface area contributed by atoms with Gasteiger partial charge in [0, 0.05) is 21.2 Å². The molecule has 9 heteroatoms. The quantitative estimate of drug-likeness (QED) is 0.410. The molecular weight excluding hydrogens is 465 g/mol. The molecule has 0 bridgehead atoms. The molecule has 1 aliphatic rings. The van der Waals surface area contributed by atoms with E-state index in [2.05, 4.69) is 32.1 Å². The molecule has 2 aromatic heterocycles. The molecule has 0 saturated heterocycles.